The summed E-state index contributed by atoms with van der Waals surface area (Å²) < 4.78 is 5.86. The first-order valence-electron chi connectivity index (χ1n) is 9.73. The van der Waals surface area contributed by atoms with E-state index in [9.17, 15) is 0 Å². The van der Waals surface area contributed by atoms with Gasteiger partial charge in [0.1, 0.15) is 11.5 Å². The lowest BCUT2D eigenvalue weighted by molar-refractivity contribution is 0.132. The third-order valence-corrected chi connectivity index (χ3v) is 6.10. The van der Waals surface area contributed by atoms with Crippen molar-refractivity contribution in [2.24, 2.45) is 10.8 Å². The molecule has 2 aliphatic rings. The van der Waals surface area contributed by atoms with Crippen molar-refractivity contribution >= 4 is 23.0 Å². The van der Waals surface area contributed by atoms with Crippen LogP contribution in [0.1, 0.15) is 40.0 Å². The van der Waals surface area contributed by atoms with Gasteiger partial charge in [-0.1, -0.05) is 39.0 Å². The summed E-state index contributed by atoms with van der Waals surface area (Å²) >= 11 is 5.77. The SMILES string of the molecule is CC1(C)C[C@H]2C[C@@](C)(CN2C(=S)Nc2ccc(Oc3ccccc3)cc2)C1. The van der Waals surface area contributed by atoms with Crippen LogP contribution in [0.3, 0.4) is 0 Å². The Morgan fingerprint density at radius 2 is 1.67 bits per heavy atom. The van der Waals surface area contributed by atoms with E-state index in [2.05, 4.69) is 31.0 Å². The molecule has 2 fully saturated rings. The topological polar surface area (TPSA) is 24.5 Å². The number of benzene rings is 2. The number of hydrogen-bond donors (Lipinski definition) is 1. The first-order valence-corrected chi connectivity index (χ1v) is 10.1. The van der Waals surface area contributed by atoms with E-state index in [1.165, 1.54) is 19.3 Å². The smallest absolute Gasteiger partial charge is 0.173 e. The van der Waals surface area contributed by atoms with E-state index in [0.717, 1.165) is 28.8 Å². The lowest BCUT2D eigenvalue weighted by Gasteiger charge is -2.39. The summed E-state index contributed by atoms with van der Waals surface area (Å²) in [5.74, 6) is 1.66. The molecule has 0 spiro atoms. The van der Waals surface area contributed by atoms with Crippen LogP contribution >= 0.6 is 12.2 Å². The summed E-state index contributed by atoms with van der Waals surface area (Å²) in [6.45, 7) is 8.26. The molecule has 4 heteroatoms. The molecule has 1 saturated heterocycles. The molecule has 0 radical (unpaired) electrons. The third-order valence-electron chi connectivity index (χ3n) is 5.76. The molecule has 1 heterocycles. The summed E-state index contributed by atoms with van der Waals surface area (Å²) in [7, 11) is 0. The summed E-state index contributed by atoms with van der Waals surface area (Å²) in [5, 5.41) is 4.28. The molecule has 1 N–H and O–H groups in total. The quantitative estimate of drug-likeness (QED) is 0.653. The van der Waals surface area contributed by atoms with Crippen LogP contribution in [0.25, 0.3) is 0 Å². The first kappa shape index (κ1) is 18.3. The number of likely N-dealkylation sites (tertiary alicyclic amines) is 1. The van der Waals surface area contributed by atoms with Crippen molar-refractivity contribution in [3.8, 4) is 11.5 Å². The largest absolute Gasteiger partial charge is 0.457 e. The van der Waals surface area contributed by atoms with E-state index < -0.39 is 0 Å². The second-order valence-corrected chi connectivity index (χ2v) is 9.60. The van der Waals surface area contributed by atoms with Gasteiger partial charge in [0.15, 0.2) is 5.11 Å². The van der Waals surface area contributed by atoms with Crippen LogP contribution in [0.2, 0.25) is 0 Å². The molecule has 2 aromatic rings. The van der Waals surface area contributed by atoms with Gasteiger partial charge in [-0.15, -0.1) is 0 Å². The molecule has 3 nitrogen and oxygen atoms in total. The fourth-order valence-electron chi connectivity index (χ4n) is 5.12. The van der Waals surface area contributed by atoms with Gasteiger partial charge in [-0.05, 0) is 78.7 Å². The Kier molecular flexibility index (Phi) is 4.63. The molecule has 2 atom stereocenters. The Labute approximate surface area is 167 Å². The summed E-state index contributed by atoms with van der Waals surface area (Å²) in [6.07, 6.45) is 3.75. The van der Waals surface area contributed by atoms with Crippen molar-refractivity contribution in [3.63, 3.8) is 0 Å². The van der Waals surface area contributed by atoms with Gasteiger partial charge in [0.05, 0.1) is 0 Å². The van der Waals surface area contributed by atoms with Gasteiger partial charge in [-0.2, -0.15) is 0 Å². The van der Waals surface area contributed by atoms with Gasteiger partial charge in [-0.3, -0.25) is 0 Å². The lowest BCUT2D eigenvalue weighted by Crippen LogP contribution is -2.39. The number of nitrogens with zero attached hydrogens (tertiary/aromatic N) is 1. The van der Waals surface area contributed by atoms with Crippen LogP contribution in [-0.2, 0) is 0 Å². The number of rotatable bonds is 3. The minimum atomic E-state index is 0.380. The second kappa shape index (κ2) is 6.83. The third kappa shape index (κ3) is 4.11. The van der Waals surface area contributed by atoms with E-state index >= 15 is 0 Å². The van der Waals surface area contributed by atoms with E-state index in [0.29, 0.717) is 16.9 Å². The molecule has 1 saturated carbocycles. The van der Waals surface area contributed by atoms with Crippen molar-refractivity contribution < 1.29 is 4.74 Å². The normalized spacial score (nSPS) is 25.9. The highest BCUT2D eigenvalue weighted by Gasteiger charge is 2.50. The van der Waals surface area contributed by atoms with Crippen LogP contribution in [0.15, 0.2) is 54.6 Å². The van der Waals surface area contributed by atoms with Crippen LogP contribution in [0, 0.1) is 10.8 Å². The molecule has 27 heavy (non-hydrogen) atoms. The van der Waals surface area contributed by atoms with Crippen molar-refractivity contribution in [1.82, 2.24) is 4.90 Å². The summed E-state index contributed by atoms with van der Waals surface area (Å²) in [6, 6.07) is 18.4. The highest BCUT2D eigenvalue weighted by atomic mass is 32.1. The van der Waals surface area contributed by atoms with E-state index in [-0.39, 0.29) is 0 Å². The number of ether oxygens (including phenoxy) is 1. The Bertz CT molecular complexity index is 818. The van der Waals surface area contributed by atoms with Gasteiger partial charge >= 0.3 is 0 Å². The maximum atomic E-state index is 5.86. The molecule has 1 aliphatic carbocycles. The fourth-order valence-corrected chi connectivity index (χ4v) is 5.46. The molecular formula is C23H28N2OS. The van der Waals surface area contributed by atoms with Gasteiger partial charge in [0.25, 0.3) is 0 Å². The average molecular weight is 381 g/mol. The Morgan fingerprint density at radius 1 is 1.00 bits per heavy atom. The zero-order valence-electron chi connectivity index (χ0n) is 16.4. The maximum absolute atomic E-state index is 5.86. The van der Waals surface area contributed by atoms with Gasteiger partial charge in [-0.25, -0.2) is 0 Å². The zero-order chi connectivity index (χ0) is 19.1. The fraction of sp³-hybridized carbons (Fsp3) is 0.435. The first-order chi connectivity index (χ1) is 12.8. The zero-order valence-corrected chi connectivity index (χ0v) is 17.2. The second-order valence-electron chi connectivity index (χ2n) is 9.21. The molecule has 1 aliphatic heterocycles. The summed E-state index contributed by atoms with van der Waals surface area (Å²) in [5.41, 5.74) is 1.79. The van der Waals surface area contributed by atoms with Crippen LogP contribution < -0.4 is 10.1 Å². The monoisotopic (exact) mass is 380 g/mol. The number of fused-ring (bicyclic) bond motifs is 2. The predicted octanol–water partition coefficient (Wildman–Crippen LogP) is 6.08. The van der Waals surface area contributed by atoms with E-state index in [4.69, 9.17) is 17.0 Å². The average Bonchev–Trinajstić information content (AvgIpc) is 2.86. The molecular weight excluding hydrogens is 352 g/mol. The lowest BCUT2D eigenvalue weighted by atomic mass is 9.65. The van der Waals surface area contributed by atoms with Crippen molar-refractivity contribution in [3.05, 3.63) is 54.6 Å². The van der Waals surface area contributed by atoms with Crippen LogP contribution in [0.4, 0.5) is 5.69 Å². The number of para-hydroxylation sites is 1. The van der Waals surface area contributed by atoms with Gasteiger partial charge < -0.3 is 15.0 Å². The predicted molar refractivity (Wildman–Crippen MR) is 115 cm³/mol. The van der Waals surface area contributed by atoms with E-state index in [1.807, 2.05) is 54.6 Å². The molecule has 4 rings (SSSR count). The van der Waals surface area contributed by atoms with Crippen LogP contribution in [0.5, 0.6) is 11.5 Å². The number of hydrogen-bond acceptors (Lipinski definition) is 2. The van der Waals surface area contributed by atoms with Gasteiger partial charge in [0, 0.05) is 18.3 Å². The minimum absolute atomic E-state index is 0.380. The molecule has 2 aromatic carbocycles. The standard InChI is InChI=1S/C23H28N2OS/c1-22(2)13-18-14-23(3,15-22)16-25(18)21(27)24-17-9-11-20(12-10-17)26-19-7-5-4-6-8-19/h4-12,18H,13-16H2,1-3H3,(H,24,27)/t18-,23+/m0/s1. The van der Waals surface area contributed by atoms with Crippen LogP contribution in [-0.4, -0.2) is 22.6 Å². The molecule has 0 aromatic heterocycles. The van der Waals surface area contributed by atoms with Crippen molar-refractivity contribution in [2.45, 2.75) is 46.1 Å². The van der Waals surface area contributed by atoms with Crippen molar-refractivity contribution in [1.29, 1.82) is 0 Å². The Morgan fingerprint density at radius 3 is 2.37 bits per heavy atom. The molecule has 142 valence electrons. The number of anilines is 1. The number of nitrogens with one attached hydrogen (secondary N) is 1. The Balaban J connectivity index is 1.40. The minimum Gasteiger partial charge on any atom is -0.457 e. The van der Waals surface area contributed by atoms with Crippen molar-refractivity contribution in [2.75, 3.05) is 11.9 Å². The Hall–Kier alpha value is -2.07. The van der Waals surface area contributed by atoms with E-state index in [1.54, 1.807) is 0 Å². The number of thiocarbonyl (C=S) groups is 1. The summed E-state index contributed by atoms with van der Waals surface area (Å²) in [4.78, 5) is 2.42. The molecule has 0 amide bonds. The highest BCUT2D eigenvalue weighted by Crippen LogP contribution is 2.52. The maximum Gasteiger partial charge on any atom is 0.173 e. The molecule has 0 unspecified atom stereocenters. The highest BCUT2D eigenvalue weighted by molar-refractivity contribution is 7.80. The molecule has 2 bridgehead atoms. The van der Waals surface area contributed by atoms with Gasteiger partial charge in [0.2, 0.25) is 0 Å².